The van der Waals surface area contributed by atoms with E-state index in [1.54, 1.807) is 0 Å². The summed E-state index contributed by atoms with van der Waals surface area (Å²) < 4.78 is 56.5. The van der Waals surface area contributed by atoms with Crippen LogP contribution in [0.15, 0.2) is 0 Å². The van der Waals surface area contributed by atoms with Gasteiger partial charge in [0.2, 0.25) is 0 Å². The molecule has 0 unspecified atom stereocenters. The lowest BCUT2D eigenvalue weighted by Crippen LogP contribution is -2.47. The quantitative estimate of drug-likeness (QED) is 0.538. The Balaban J connectivity index is 2.47. The Morgan fingerprint density at radius 2 is 1.67 bits per heavy atom. The summed E-state index contributed by atoms with van der Waals surface area (Å²) in [5.74, 6) is 0. The van der Waals surface area contributed by atoms with E-state index >= 15 is 0 Å². The summed E-state index contributed by atoms with van der Waals surface area (Å²) in [5, 5.41) is 0. The summed E-state index contributed by atoms with van der Waals surface area (Å²) in [4.78, 5) is 0. The van der Waals surface area contributed by atoms with E-state index in [4.69, 9.17) is 0 Å². The second-order valence-corrected chi connectivity index (χ2v) is 2.91. The summed E-state index contributed by atoms with van der Waals surface area (Å²) in [6, 6.07) is 0. The van der Waals surface area contributed by atoms with Crippen molar-refractivity contribution in [3.8, 4) is 0 Å². The van der Waals surface area contributed by atoms with Gasteiger partial charge in [0.25, 0.3) is 6.29 Å². The highest BCUT2D eigenvalue weighted by molar-refractivity contribution is 4.77. The Hall–Kier alpha value is -0.360. The lowest BCUT2D eigenvalue weighted by Gasteiger charge is -2.32. The molecule has 0 bridgehead atoms. The van der Waals surface area contributed by atoms with Gasteiger partial charge in [0, 0.05) is 0 Å². The smallest absolute Gasteiger partial charge is 0.342 e. The van der Waals surface area contributed by atoms with Crippen molar-refractivity contribution in [2.75, 3.05) is 13.2 Å². The number of hydrogen-bond acceptors (Lipinski definition) is 2. The third-order valence-corrected chi connectivity index (χ3v) is 1.34. The molecule has 0 radical (unpaired) electrons. The van der Waals surface area contributed by atoms with E-state index < -0.39 is 31.3 Å². The molecule has 0 amide bonds. The zero-order chi connectivity index (χ0) is 9.41. The van der Waals surface area contributed by atoms with Gasteiger partial charge in [-0.25, -0.2) is 4.39 Å². The van der Waals surface area contributed by atoms with E-state index in [2.05, 4.69) is 9.47 Å². The van der Waals surface area contributed by atoms with Crippen molar-refractivity contribution in [3.63, 3.8) is 0 Å². The van der Waals surface area contributed by atoms with Crippen molar-refractivity contribution in [1.29, 1.82) is 0 Å². The third-order valence-electron chi connectivity index (χ3n) is 1.34. The van der Waals surface area contributed by atoms with Crippen molar-refractivity contribution in [3.05, 3.63) is 0 Å². The van der Waals surface area contributed by atoms with Gasteiger partial charge in [0.05, 0.1) is 13.2 Å². The molecule has 0 saturated carbocycles. The van der Waals surface area contributed by atoms with Crippen molar-refractivity contribution in [1.82, 2.24) is 0 Å². The summed E-state index contributed by atoms with van der Waals surface area (Å²) >= 11 is 0. The molecular formula is C6H8F4O2. The first-order valence-electron chi connectivity index (χ1n) is 3.30. The second kappa shape index (κ2) is 2.85. The molecule has 1 fully saturated rings. The molecule has 0 aromatic heterocycles. The van der Waals surface area contributed by atoms with E-state index in [1.807, 2.05) is 0 Å². The maximum absolute atomic E-state index is 12.8. The standard InChI is InChI=1S/C6H8F4O2/c1-5(7)2-11-4(12-3-5)6(8,9)10/h4H,2-3H2,1H3. The molecular weight excluding hydrogens is 180 g/mol. The summed E-state index contributed by atoms with van der Waals surface area (Å²) in [6.45, 7) is -0.0477. The first-order valence-corrected chi connectivity index (χ1v) is 3.30. The van der Waals surface area contributed by atoms with Gasteiger partial charge in [-0.3, -0.25) is 0 Å². The van der Waals surface area contributed by atoms with Crippen LogP contribution in [0.1, 0.15) is 6.92 Å². The van der Waals surface area contributed by atoms with E-state index in [1.165, 1.54) is 0 Å². The molecule has 0 atom stereocenters. The number of halogens is 4. The maximum Gasteiger partial charge on any atom is 0.440 e. The van der Waals surface area contributed by atoms with Gasteiger partial charge >= 0.3 is 6.18 Å². The van der Waals surface area contributed by atoms with Crippen LogP contribution >= 0.6 is 0 Å². The van der Waals surface area contributed by atoms with Crippen LogP contribution in [0.4, 0.5) is 17.6 Å². The Morgan fingerprint density at radius 3 is 2.00 bits per heavy atom. The molecule has 2 nitrogen and oxygen atoms in total. The van der Waals surface area contributed by atoms with Crippen LogP contribution < -0.4 is 0 Å². The van der Waals surface area contributed by atoms with Crippen LogP contribution in [-0.2, 0) is 9.47 Å². The summed E-state index contributed by atoms with van der Waals surface area (Å²) in [5.41, 5.74) is -1.82. The zero-order valence-corrected chi connectivity index (χ0v) is 6.32. The number of hydrogen-bond donors (Lipinski definition) is 0. The van der Waals surface area contributed by atoms with E-state index in [0.29, 0.717) is 0 Å². The maximum atomic E-state index is 12.8. The normalized spacial score (nSPS) is 38.2. The topological polar surface area (TPSA) is 18.5 Å². The molecule has 1 saturated heterocycles. The van der Waals surface area contributed by atoms with Crippen molar-refractivity contribution < 1.29 is 27.0 Å². The van der Waals surface area contributed by atoms with Gasteiger partial charge < -0.3 is 9.47 Å². The fourth-order valence-electron chi connectivity index (χ4n) is 0.778. The molecule has 0 aliphatic carbocycles. The average Bonchev–Trinajstić information content (AvgIpc) is 1.83. The number of ether oxygens (including phenoxy) is 2. The third kappa shape index (κ3) is 2.31. The predicted octanol–water partition coefficient (Wildman–Crippen LogP) is 1.65. The SMILES string of the molecule is CC1(F)COC(C(F)(F)F)OC1. The molecule has 1 heterocycles. The van der Waals surface area contributed by atoms with Gasteiger partial charge in [-0.05, 0) is 6.92 Å². The summed E-state index contributed by atoms with van der Waals surface area (Å²) in [6.07, 6.45) is -6.85. The summed E-state index contributed by atoms with van der Waals surface area (Å²) in [7, 11) is 0. The first-order chi connectivity index (χ1) is 5.31. The molecule has 0 aromatic carbocycles. The van der Waals surface area contributed by atoms with Crippen molar-refractivity contribution >= 4 is 0 Å². The molecule has 6 heteroatoms. The van der Waals surface area contributed by atoms with Crippen LogP contribution in [0.2, 0.25) is 0 Å². The van der Waals surface area contributed by atoms with E-state index in [-0.39, 0.29) is 0 Å². The molecule has 1 aliphatic rings. The highest BCUT2D eigenvalue weighted by Gasteiger charge is 2.47. The minimum Gasteiger partial charge on any atom is -0.342 e. The Bertz CT molecular complexity index is 155. The predicted molar refractivity (Wildman–Crippen MR) is 31.3 cm³/mol. The van der Waals surface area contributed by atoms with Gasteiger partial charge in [0.15, 0.2) is 5.67 Å². The Kier molecular flexibility index (Phi) is 2.31. The molecule has 12 heavy (non-hydrogen) atoms. The molecule has 0 aromatic rings. The molecule has 0 N–H and O–H groups in total. The van der Waals surface area contributed by atoms with Gasteiger partial charge in [0.1, 0.15) is 0 Å². The fraction of sp³-hybridized carbons (Fsp3) is 1.00. The highest BCUT2D eigenvalue weighted by Crippen LogP contribution is 2.29. The minimum atomic E-state index is -4.57. The highest BCUT2D eigenvalue weighted by atomic mass is 19.4. The van der Waals surface area contributed by atoms with Crippen LogP contribution in [-0.4, -0.2) is 31.3 Å². The fourth-order valence-corrected chi connectivity index (χ4v) is 0.778. The van der Waals surface area contributed by atoms with Gasteiger partial charge in [-0.15, -0.1) is 0 Å². The van der Waals surface area contributed by atoms with Crippen LogP contribution in [0.5, 0.6) is 0 Å². The van der Waals surface area contributed by atoms with E-state index in [9.17, 15) is 17.6 Å². The lowest BCUT2D eigenvalue weighted by molar-refractivity contribution is -0.344. The Labute approximate surface area is 66.4 Å². The Morgan fingerprint density at radius 1 is 1.25 bits per heavy atom. The molecule has 0 spiro atoms. The molecule has 72 valence electrons. The van der Waals surface area contributed by atoms with Crippen LogP contribution in [0.25, 0.3) is 0 Å². The number of alkyl halides is 4. The minimum absolute atomic E-state index is 0.586. The second-order valence-electron chi connectivity index (χ2n) is 2.91. The van der Waals surface area contributed by atoms with Crippen LogP contribution in [0.3, 0.4) is 0 Å². The van der Waals surface area contributed by atoms with Gasteiger partial charge in [-0.1, -0.05) is 0 Å². The van der Waals surface area contributed by atoms with Crippen LogP contribution in [0, 0.1) is 0 Å². The van der Waals surface area contributed by atoms with E-state index in [0.717, 1.165) is 6.92 Å². The molecule has 1 aliphatic heterocycles. The monoisotopic (exact) mass is 188 g/mol. The van der Waals surface area contributed by atoms with Crippen molar-refractivity contribution in [2.24, 2.45) is 0 Å². The van der Waals surface area contributed by atoms with Gasteiger partial charge in [-0.2, -0.15) is 13.2 Å². The molecule has 1 rings (SSSR count). The number of rotatable bonds is 0. The first kappa shape index (κ1) is 9.73. The largest absolute Gasteiger partial charge is 0.440 e. The average molecular weight is 188 g/mol. The van der Waals surface area contributed by atoms with Crippen molar-refractivity contribution in [2.45, 2.75) is 25.1 Å². The lowest BCUT2D eigenvalue weighted by atomic mass is 10.1. The zero-order valence-electron chi connectivity index (χ0n) is 6.32.